The third kappa shape index (κ3) is 7.67. The molecule has 1 aliphatic heterocycles. The van der Waals surface area contributed by atoms with Crippen LogP contribution in [0.5, 0.6) is 0 Å². The highest BCUT2D eigenvalue weighted by atomic mass is 16.5. The molecule has 0 saturated carbocycles. The van der Waals surface area contributed by atoms with E-state index in [2.05, 4.69) is 17.6 Å². The molecule has 106 valence electrons. The summed E-state index contributed by atoms with van der Waals surface area (Å²) in [6.45, 7) is 6.44. The van der Waals surface area contributed by atoms with Gasteiger partial charge in [-0.15, -0.1) is 0 Å². The van der Waals surface area contributed by atoms with Gasteiger partial charge in [-0.1, -0.05) is 13.3 Å². The predicted octanol–water partition coefficient (Wildman–Crippen LogP) is 1.70. The zero-order valence-electron chi connectivity index (χ0n) is 11.7. The summed E-state index contributed by atoms with van der Waals surface area (Å²) in [6, 6.07) is 0. The van der Waals surface area contributed by atoms with Crippen molar-refractivity contribution < 1.29 is 9.53 Å². The average Bonchev–Trinajstić information content (AvgIpc) is 2.41. The molecule has 4 nitrogen and oxygen atoms in total. The van der Waals surface area contributed by atoms with Crippen LogP contribution in [-0.2, 0) is 9.53 Å². The zero-order chi connectivity index (χ0) is 13.1. The Bertz CT molecular complexity index is 216. The second-order valence-electron chi connectivity index (χ2n) is 5.07. The van der Waals surface area contributed by atoms with Gasteiger partial charge in [-0.2, -0.15) is 0 Å². The molecule has 1 atom stereocenters. The van der Waals surface area contributed by atoms with Crippen LogP contribution in [0.2, 0.25) is 0 Å². The molecule has 1 aliphatic rings. The number of unbranched alkanes of at least 4 members (excludes halogenated alkanes) is 1. The van der Waals surface area contributed by atoms with Gasteiger partial charge in [0.15, 0.2) is 0 Å². The van der Waals surface area contributed by atoms with Gasteiger partial charge in [0.05, 0.1) is 6.61 Å². The SMILES string of the molecule is CCCCOCCNC(=O)CCC1CCCNC1. The fraction of sp³-hybridized carbons (Fsp3) is 0.929. The first-order valence-electron chi connectivity index (χ1n) is 7.38. The van der Waals surface area contributed by atoms with E-state index < -0.39 is 0 Å². The number of amides is 1. The van der Waals surface area contributed by atoms with E-state index in [1.54, 1.807) is 0 Å². The van der Waals surface area contributed by atoms with Crippen molar-refractivity contribution in [2.24, 2.45) is 5.92 Å². The third-order valence-electron chi connectivity index (χ3n) is 3.39. The molecule has 1 fully saturated rings. The molecule has 0 bridgehead atoms. The second kappa shape index (κ2) is 10.3. The van der Waals surface area contributed by atoms with Crippen molar-refractivity contribution in [3.05, 3.63) is 0 Å². The second-order valence-corrected chi connectivity index (χ2v) is 5.07. The molecule has 0 aliphatic carbocycles. The summed E-state index contributed by atoms with van der Waals surface area (Å²) in [7, 11) is 0. The summed E-state index contributed by atoms with van der Waals surface area (Å²) in [6.07, 6.45) is 6.43. The van der Waals surface area contributed by atoms with Gasteiger partial charge in [-0.05, 0) is 44.7 Å². The van der Waals surface area contributed by atoms with Crippen molar-refractivity contribution in [2.75, 3.05) is 32.8 Å². The minimum atomic E-state index is 0.166. The maximum Gasteiger partial charge on any atom is 0.220 e. The van der Waals surface area contributed by atoms with Crippen molar-refractivity contribution in [3.63, 3.8) is 0 Å². The van der Waals surface area contributed by atoms with Crippen LogP contribution in [0.15, 0.2) is 0 Å². The molecule has 0 aromatic heterocycles. The van der Waals surface area contributed by atoms with Gasteiger partial charge in [0.25, 0.3) is 0 Å². The fourth-order valence-corrected chi connectivity index (χ4v) is 2.21. The number of ether oxygens (including phenoxy) is 1. The van der Waals surface area contributed by atoms with E-state index in [-0.39, 0.29) is 5.91 Å². The number of rotatable bonds is 9. The highest BCUT2D eigenvalue weighted by Crippen LogP contribution is 2.15. The Morgan fingerprint density at radius 3 is 3.06 bits per heavy atom. The molecule has 2 N–H and O–H groups in total. The third-order valence-corrected chi connectivity index (χ3v) is 3.39. The quantitative estimate of drug-likeness (QED) is 0.617. The number of hydrogen-bond acceptors (Lipinski definition) is 3. The van der Waals surface area contributed by atoms with Gasteiger partial charge >= 0.3 is 0 Å². The molecule has 1 unspecified atom stereocenters. The van der Waals surface area contributed by atoms with Crippen molar-refractivity contribution in [1.29, 1.82) is 0 Å². The molecule has 4 heteroatoms. The molecule has 18 heavy (non-hydrogen) atoms. The summed E-state index contributed by atoms with van der Waals surface area (Å²) in [5.41, 5.74) is 0. The number of carbonyl (C=O) groups excluding carboxylic acids is 1. The maximum absolute atomic E-state index is 11.6. The first-order chi connectivity index (χ1) is 8.83. The van der Waals surface area contributed by atoms with E-state index in [0.717, 1.165) is 39.0 Å². The smallest absolute Gasteiger partial charge is 0.220 e. The monoisotopic (exact) mass is 256 g/mol. The van der Waals surface area contributed by atoms with E-state index in [9.17, 15) is 4.79 Å². The summed E-state index contributed by atoms with van der Waals surface area (Å²) < 4.78 is 5.39. The molecule has 1 saturated heterocycles. The lowest BCUT2D eigenvalue weighted by Gasteiger charge is -2.22. The van der Waals surface area contributed by atoms with Crippen LogP contribution in [0.25, 0.3) is 0 Å². The van der Waals surface area contributed by atoms with Crippen LogP contribution in [0.4, 0.5) is 0 Å². The molecule has 0 aromatic carbocycles. The molecule has 1 amide bonds. The summed E-state index contributed by atoms with van der Waals surface area (Å²) in [5.74, 6) is 0.852. The zero-order valence-corrected chi connectivity index (χ0v) is 11.7. The van der Waals surface area contributed by atoms with Gasteiger partial charge in [0, 0.05) is 19.6 Å². The highest BCUT2D eigenvalue weighted by Gasteiger charge is 2.13. The Morgan fingerprint density at radius 1 is 1.44 bits per heavy atom. The van der Waals surface area contributed by atoms with Gasteiger partial charge in [-0.3, -0.25) is 4.79 Å². The minimum absolute atomic E-state index is 0.166. The molecule has 1 heterocycles. The lowest BCUT2D eigenvalue weighted by atomic mass is 9.94. The molecular formula is C14H28N2O2. The summed E-state index contributed by atoms with van der Waals surface area (Å²) >= 11 is 0. The Labute approximate surface area is 111 Å². The Hall–Kier alpha value is -0.610. The van der Waals surface area contributed by atoms with Gasteiger partial charge in [-0.25, -0.2) is 0 Å². The summed E-state index contributed by atoms with van der Waals surface area (Å²) in [5, 5.41) is 6.29. The van der Waals surface area contributed by atoms with E-state index in [4.69, 9.17) is 4.74 Å². The standard InChI is InChI=1S/C14H28N2O2/c1-2-3-10-18-11-9-16-14(17)7-6-13-5-4-8-15-12-13/h13,15H,2-12H2,1H3,(H,16,17). The van der Waals surface area contributed by atoms with Gasteiger partial charge in [0.2, 0.25) is 5.91 Å². The van der Waals surface area contributed by atoms with Crippen molar-refractivity contribution in [1.82, 2.24) is 10.6 Å². The average molecular weight is 256 g/mol. The first kappa shape index (κ1) is 15.4. The molecule has 1 rings (SSSR count). The Balaban J connectivity index is 1.90. The van der Waals surface area contributed by atoms with E-state index in [1.165, 1.54) is 12.8 Å². The molecule has 0 aromatic rings. The summed E-state index contributed by atoms with van der Waals surface area (Å²) in [4.78, 5) is 11.6. The lowest BCUT2D eigenvalue weighted by molar-refractivity contribution is -0.121. The number of hydrogen-bond donors (Lipinski definition) is 2. The highest BCUT2D eigenvalue weighted by molar-refractivity contribution is 5.75. The van der Waals surface area contributed by atoms with E-state index in [1.807, 2.05) is 0 Å². The number of nitrogens with one attached hydrogen (secondary N) is 2. The Kier molecular flexibility index (Phi) is 8.86. The fourth-order valence-electron chi connectivity index (χ4n) is 2.21. The largest absolute Gasteiger partial charge is 0.380 e. The topological polar surface area (TPSA) is 50.4 Å². The van der Waals surface area contributed by atoms with Gasteiger partial charge in [0.1, 0.15) is 0 Å². The number of piperidine rings is 1. The van der Waals surface area contributed by atoms with Crippen molar-refractivity contribution >= 4 is 5.91 Å². The van der Waals surface area contributed by atoms with Crippen LogP contribution in [-0.4, -0.2) is 38.8 Å². The van der Waals surface area contributed by atoms with E-state index in [0.29, 0.717) is 25.5 Å². The first-order valence-corrected chi connectivity index (χ1v) is 7.38. The molecular weight excluding hydrogens is 228 g/mol. The van der Waals surface area contributed by atoms with Gasteiger partial charge < -0.3 is 15.4 Å². The van der Waals surface area contributed by atoms with Crippen molar-refractivity contribution in [3.8, 4) is 0 Å². The van der Waals surface area contributed by atoms with Crippen LogP contribution in [0, 0.1) is 5.92 Å². The van der Waals surface area contributed by atoms with E-state index >= 15 is 0 Å². The van der Waals surface area contributed by atoms with Crippen LogP contribution in [0.1, 0.15) is 45.4 Å². The molecule has 0 radical (unpaired) electrons. The van der Waals surface area contributed by atoms with Crippen LogP contribution >= 0.6 is 0 Å². The normalized spacial score (nSPS) is 19.7. The maximum atomic E-state index is 11.6. The predicted molar refractivity (Wildman–Crippen MR) is 73.6 cm³/mol. The number of carbonyl (C=O) groups is 1. The Morgan fingerprint density at radius 2 is 2.33 bits per heavy atom. The van der Waals surface area contributed by atoms with Crippen LogP contribution < -0.4 is 10.6 Å². The van der Waals surface area contributed by atoms with Crippen molar-refractivity contribution in [2.45, 2.75) is 45.4 Å². The minimum Gasteiger partial charge on any atom is -0.380 e. The molecule has 0 spiro atoms. The lowest BCUT2D eigenvalue weighted by Crippen LogP contribution is -2.32. The van der Waals surface area contributed by atoms with Crippen LogP contribution in [0.3, 0.4) is 0 Å².